The molecule has 0 bridgehead atoms. The number of aromatic amines is 1. The molecular weight excluding hydrogens is 545 g/mol. The van der Waals surface area contributed by atoms with Gasteiger partial charge in [0, 0.05) is 75.2 Å². The van der Waals surface area contributed by atoms with Crippen molar-refractivity contribution in [3.05, 3.63) is 77.9 Å². The molecule has 0 unspecified atom stereocenters. The highest BCUT2D eigenvalue weighted by atomic mass is 19.1. The number of fused-ring (bicyclic) bond motifs is 1. The van der Waals surface area contributed by atoms with Crippen LogP contribution in [0, 0.1) is 11.2 Å². The molecule has 4 aromatic rings. The summed E-state index contributed by atoms with van der Waals surface area (Å²) in [5, 5.41) is 0.358. The maximum Gasteiger partial charge on any atom is 0.153 e. The standard InChI is InChI=1S/C34H36FN5O3/c35-31-18-37-33-30(31)14-29(17-36-33)43-32-13-25(4-3-24(32)20-41)40-21-34(22-40)15-26(16-34)39-11-9-38(10-12-39)19-23-1-5-27(6-2-23)42-28-7-8-28/h1-6,13-14,17-18,20,26,28H,7-12,15-16,19,21-22H2,(H,36,37). The molecule has 4 aliphatic rings. The van der Waals surface area contributed by atoms with Gasteiger partial charge in [0.1, 0.15) is 28.7 Å². The van der Waals surface area contributed by atoms with Crippen LogP contribution in [0.15, 0.2) is 60.9 Å². The molecule has 0 radical (unpaired) electrons. The highest BCUT2D eigenvalue weighted by molar-refractivity contribution is 5.82. The van der Waals surface area contributed by atoms with Gasteiger partial charge in [0.2, 0.25) is 0 Å². The molecule has 4 fully saturated rings. The van der Waals surface area contributed by atoms with Crippen LogP contribution in [0.5, 0.6) is 17.2 Å². The molecule has 222 valence electrons. The Morgan fingerprint density at radius 3 is 2.53 bits per heavy atom. The Labute approximate surface area is 250 Å². The first-order valence-corrected chi connectivity index (χ1v) is 15.4. The monoisotopic (exact) mass is 581 g/mol. The molecule has 2 aliphatic carbocycles. The lowest BCUT2D eigenvalue weighted by Gasteiger charge is -2.62. The van der Waals surface area contributed by atoms with E-state index < -0.39 is 0 Å². The van der Waals surface area contributed by atoms with Gasteiger partial charge in [-0.2, -0.15) is 0 Å². The number of carbonyl (C=O) groups is 1. The lowest BCUT2D eigenvalue weighted by atomic mass is 9.60. The first-order valence-electron chi connectivity index (χ1n) is 15.4. The van der Waals surface area contributed by atoms with E-state index in [0.717, 1.165) is 63.5 Å². The van der Waals surface area contributed by atoms with Crippen molar-refractivity contribution < 1.29 is 18.7 Å². The zero-order valence-corrected chi connectivity index (χ0v) is 24.2. The zero-order valence-electron chi connectivity index (χ0n) is 24.2. The molecule has 8 nitrogen and oxygen atoms in total. The third-order valence-electron chi connectivity index (χ3n) is 9.64. The number of hydrogen-bond donors (Lipinski definition) is 1. The van der Waals surface area contributed by atoms with Crippen molar-refractivity contribution in [2.75, 3.05) is 44.2 Å². The molecule has 2 aliphatic heterocycles. The van der Waals surface area contributed by atoms with Crippen LogP contribution in [0.1, 0.15) is 41.6 Å². The van der Waals surface area contributed by atoms with Gasteiger partial charge in [0.25, 0.3) is 0 Å². The molecule has 2 saturated carbocycles. The minimum absolute atomic E-state index is 0.358. The predicted molar refractivity (Wildman–Crippen MR) is 163 cm³/mol. The van der Waals surface area contributed by atoms with E-state index in [9.17, 15) is 9.18 Å². The van der Waals surface area contributed by atoms with E-state index in [1.54, 1.807) is 12.1 Å². The first-order chi connectivity index (χ1) is 21.0. The Hall–Kier alpha value is -3.95. The summed E-state index contributed by atoms with van der Waals surface area (Å²) < 4.78 is 26.0. The molecule has 9 heteroatoms. The number of anilines is 1. The fourth-order valence-electron chi connectivity index (χ4n) is 7.04. The number of H-pyrrole nitrogens is 1. The lowest BCUT2D eigenvalue weighted by Crippen LogP contribution is -2.68. The van der Waals surface area contributed by atoms with E-state index >= 15 is 0 Å². The quantitative estimate of drug-likeness (QED) is 0.257. The molecule has 2 saturated heterocycles. The van der Waals surface area contributed by atoms with Crippen LogP contribution in [0.3, 0.4) is 0 Å². The summed E-state index contributed by atoms with van der Waals surface area (Å²) in [7, 11) is 0. The van der Waals surface area contributed by atoms with Gasteiger partial charge in [-0.3, -0.25) is 14.6 Å². The normalized spacial score (nSPS) is 20.6. The second kappa shape index (κ2) is 10.6. The minimum Gasteiger partial charge on any atom is -0.490 e. The molecule has 43 heavy (non-hydrogen) atoms. The smallest absolute Gasteiger partial charge is 0.153 e. The number of nitrogens with zero attached hydrogens (tertiary/aromatic N) is 4. The van der Waals surface area contributed by atoms with E-state index in [-0.39, 0.29) is 5.82 Å². The zero-order chi connectivity index (χ0) is 29.0. The number of rotatable bonds is 9. The van der Waals surface area contributed by atoms with Crippen LogP contribution in [-0.4, -0.2) is 77.5 Å². The van der Waals surface area contributed by atoms with Crippen LogP contribution in [0.4, 0.5) is 10.1 Å². The third kappa shape index (κ3) is 5.36. The van der Waals surface area contributed by atoms with Crippen molar-refractivity contribution >= 4 is 23.0 Å². The predicted octanol–water partition coefficient (Wildman–Crippen LogP) is 5.63. The summed E-state index contributed by atoms with van der Waals surface area (Å²) in [5.74, 6) is 1.46. The van der Waals surface area contributed by atoms with Gasteiger partial charge in [0.05, 0.1) is 23.3 Å². The average molecular weight is 582 g/mol. The maximum atomic E-state index is 14.0. The molecule has 8 rings (SSSR count). The number of pyridine rings is 1. The molecular formula is C34H36FN5O3. The molecule has 2 aromatic heterocycles. The van der Waals surface area contributed by atoms with Crippen molar-refractivity contribution in [1.29, 1.82) is 0 Å². The summed E-state index contributed by atoms with van der Waals surface area (Å²) in [6.07, 6.45) is 8.91. The van der Waals surface area contributed by atoms with E-state index in [0.29, 0.717) is 45.7 Å². The second-order valence-electron chi connectivity index (χ2n) is 12.8. The van der Waals surface area contributed by atoms with Gasteiger partial charge in [-0.15, -0.1) is 0 Å². The van der Waals surface area contributed by atoms with Gasteiger partial charge < -0.3 is 19.4 Å². The van der Waals surface area contributed by atoms with Gasteiger partial charge in [-0.25, -0.2) is 9.37 Å². The van der Waals surface area contributed by atoms with Crippen LogP contribution >= 0.6 is 0 Å². The summed E-state index contributed by atoms with van der Waals surface area (Å²) in [6.45, 7) is 7.53. The van der Waals surface area contributed by atoms with Crippen molar-refractivity contribution in [2.45, 2.75) is 44.4 Å². The lowest BCUT2D eigenvalue weighted by molar-refractivity contribution is -0.0380. The number of hydrogen-bond acceptors (Lipinski definition) is 7. The van der Waals surface area contributed by atoms with Gasteiger partial charge >= 0.3 is 0 Å². The third-order valence-corrected chi connectivity index (χ3v) is 9.64. The Balaban J connectivity index is 0.827. The largest absolute Gasteiger partial charge is 0.490 e. The summed E-state index contributed by atoms with van der Waals surface area (Å²) >= 11 is 0. The fourth-order valence-corrected chi connectivity index (χ4v) is 7.04. The maximum absolute atomic E-state index is 14.0. The number of aromatic nitrogens is 2. The Kier molecular flexibility index (Phi) is 6.60. The number of aldehydes is 1. The summed E-state index contributed by atoms with van der Waals surface area (Å²) in [5.41, 5.74) is 3.70. The summed E-state index contributed by atoms with van der Waals surface area (Å²) in [6, 6.07) is 16.6. The van der Waals surface area contributed by atoms with Crippen molar-refractivity contribution in [3.8, 4) is 17.2 Å². The fraction of sp³-hybridized carbons (Fsp3) is 0.412. The molecule has 0 atom stereocenters. The minimum atomic E-state index is -0.385. The second-order valence-corrected chi connectivity index (χ2v) is 12.8. The Morgan fingerprint density at radius 2 is 1.79 bits per heavy atom. The number of halogens is 1. The summed E-state index contributed by atoms with van der Waals surface area (Å²) in [4.78, 5) is 26.4. The molecule has 1 N–H and O–H groups in total. The highest BCUT2D eigenvalue weighted by Crippen LogP contribution is 2.52. The van der Waals surface area contributed by atoms with Crippen LogP contribution in [0.25, 0.3) is 11.0 Å². The number of carbonyl (C=O) groups excluding carboxylic acids is 1. The Morgan fingerprint density at radius 1 is 1.00 bits per heavy atom. The topological polar surface area (TPSA) is 73.9 Å². The van der Waals surface area contributed by atoms with E-state index in [2.05, 4.69) is 48.9 Å². The number of nitrogens with one attached hydrogen (secondary N) is 1. The van der Waals surface area contributed by atoms with E-state index in [1.807, 2.05) is 12.1 Å². The highest BCUT2D eigenvalue weighted by Gasteiger charge is 2.54. The van der Waals surface area contributed by atoms with Crippen molar-refractivity contribution in [1.82, 2.24) is 19.8 Å². The van der Waals surface area contributed by atoms with Gasteiger partial charge in [-0.05, 0) is 61.6 Å². The van der Waals surface area contributed by atoms with Crippen molar-refractivity contribution in [2.24, 2.45) is 5.41 Å². The number of benzene rings is 2. The van der Waals surface area contributed by atoms with Gasteiger partial charge in [0.15, 0.2) is 6.29 Å². The van der Waals surface area contributed by atoms with E-state index in [4.69, 9.17) is 9.47 Å². The Bertz CT molecular complexity index is 1630. The average Bonchev–Trinajstić information content (AvgIpc) is 3.73. The SMILES string of the molecule is O=Cc1ccc(N2CC3(CC(N4CCN(Cc5ccc(OC6CC6)cc5)CC4)C3)C2)cc1Oc1cnc2[nH]cc(F)c2c1. The number of piperazine rings is 1. The van der Waals surface area contributed by atoms with Crippen LogP contribution in [-0.2, 0) is 6.54 Å². The molecule has 1 spiro atoms. The van der Waals surface area contributed by atoms with E-state index in [1.165, 1.54) is 43.6 Å². The first kappa shape index (κ1) is 26.7. The molecule has 0 amide bonds. The van der Waals surface area contributed by atoms with Crippen LogP contribution in [0.2, 0.25) is 0 Å². The van der Waals surface area contributed by atoms with Crippen LogP contribution < -0.4 is 14.4 Å². The number of ether oxygens (including phenoxy) is 2. The van der Waals surface area contributed by atoms with Gasteiger partial charge in [-0.1, -0.05) is 12.1 Å². The molecule has 4 heterocycles. The molecule has 2 aromatic carbocycles. The van der Waals surface area contributed by atoms with Crippen molar-refractivity contribution in [3.63, 3.8) is 0 Å².